The summed E-state index contributed by atoms with van der Waals surface area (Å²) < 4.78 is 16.2. The van der Waals surface area contributed by atoms with Gasteiger partial charge in [-0.3, -0.25) is 0 Å². The second kappa shape index (κ2) is 5.83. The summed E-state index contributed by atoms with van der Waals surface area (Å²) >= 11 is 0. The molecule has 0 aromatic rings. The second-order valence-corrected chi connectivity index (χ2v) is 4.40. The first-order valence-electron chi connectivity index (χ1n) is 5.85. The van der Waals surface area contributed by atoms with Gasteiger partial charge in [0.2, 0.25) is 0 Å². The summed E-state index contributed by atoms with van der Waals surface area (Å²) in [6.45, 7) is 2.16. The van der Waals surface area contributed by atoms with Crippen LogP contribution in [0.5, 0.6) is 0 Å². The lowest BCUT2D eigenvalue weighted by Gasteiger charge is -2.39. The minimum atomic E-state index is -0.859. The first kappa shape index (κ1) is 12.9. The number of ether oxygens (including phenoxy) is 3. The van der Waals surface area contributed by atoms with E-state index in [0.717, 1.165) is 0 Å². The summed E-state index contributed by atoms with van der Waals surface area (Å²) in [5.74, 6) is 0.0681. The third kappa shape index (κ3) is 2.71. The maximum Gasteiger partial charge on any atom is 0.285 e. The molecule has 0 spiro atoms. The number of methoxy groups -OCH3 is 3. The minimum Gasteiger partial charge on any atom is -0.331 e. The fourth-order valence-corrected chi connectivity index (χ4v) is 2.73. The summed E-state index contributed by atoms with van der Waals surface area (Å²) in [4.78, 5) is 0. The lowest BCUT2D eigenvalue weighted by molar-refractivity contribution is -0.383. The van der Waals surface area contributed by atoms with Crippen LogP contribution in [-0.4, -0.2) is 27.3 Å². The molecule has 1 rings (SSSR count). The van der Waals surface area contributed by atoms with E-state index in [1.165, 1.54) is 32.1 Å². The Balaban J connectivity index is 2.65. The van der Waals surface area contributed by atoms with E-state index in [4.69, 9.17) is 14.2 Å². The van der Waals surface area contributed by atoms with Crippen LogP contribution in [0, 0.1) is 11.8 Å². The molecular weight excluding hydrogens is 192 g/mol. The number of rotatable bonds is 5. The van der Waals surface area contributed by atoms with Crippen LogP contribution in [0.15, 0.2) is 0 Å². The Kier molecular flexibility index (Phi) is 5.03. The van der Waals surface area contributed by atoms with Crippen molar-refractivity contribution in [2.45, 2.75) is 45.0 Å². The molecule has 3 nitrogen and oxygen atoms in total. The average Bonchev–Trinajstić information content (AvgIpc) is 2.33. The quantitative estimate of drug-likeness (QED) is 0.661. The lowest BCUT2D eigenvalue weighted by Crippen LogP contribution is -2.46. The first-order chi connectivity index (χ1) is 7.20. The zero-order valence-corrected chi connectivity index (χ0v) is 10.4. The van der Waals surface area contributed by atoms with Gasteiger partial charge in [0.05, 0.1) is 0 Å². The smallest absolute Gasteiger partial charge is 0.285 e. The number of hydrogen-bond acceptors (Lipinski definition) is 3. The van der Waals surface area contributed by atoms with Crippen molar-refractivity contribution in [1.29, 1.82) is 0 Å². The molecule has 3 heteroatoms. The Bertz CT molecular complexity index is 163. The zero-order chi connectivity index (χ0) is 11.3. The van der Waals surface area contributed by atoms with Gasteiger partial charge in [0.15, 0.2) is 0 Å². The van der Waals surface area contributed by atoms with E-state index in [0.29, 0.717) is 5.92 Å². The largest absolute Gasteiger partial charge is 0.331 e. The molecule has 0 N–H and O–H groups in total. The van der Waals surface area contributed by atoms with Gasteiger partial charge in [-0.05, 0) is 18.8 Å². The highest BCUT2D eigenvalue weighted by Gasteiger charge is 2.41. The Hall–Kier alpha value is -0.120. The summed E-state index contributed by atoms with van der Waals surface area (Å²) in [5, 5.41) is 0. The molecule has 1 unspecified atom stereocenters. The summed E-state index contributed by atoms with van der Waals surface area (Å²) in [5.41, 5.74) is 0. The van der Waals surface area contributed by atoms with E-state index in [-0.39, 0.29) is 5.92 Å². The molecular formula is C12H24O3. The van der Waals surface area contributed by atoms with Crippen LogP contribution in [0.25, 0.3) is 0 Å². The van der Waals surface area contributed by atoms with Crippen LogP contribution in [0.3, 0.4) is 0 Å². The van der Waals surface area contributed by atoms with Gasteiger partial charge in [-0.1, -0.05) is 26.2 Å². The van der Waals surface area contributed by atoms with Gasteiger partial charge in [-0.2, -0.15) is 0 Å². The van der Waals surface area contributed by atoms with E-state index in [9.17, 15) is 0 Å². The van der Waals surface area contributed by atoms with E-state index in [1.54, 1.807) is 21.3 Å². The predicted octanol–water partition coefficient (Wildman–Crippen LogP) is 2.80. The molecule has 1 atom stereocenters. The molecule has 0 aliphatic heterocycles. The number of hydrogen-bond donors (Lipinski definition) is 0. The van der Waals surface area contributed by atoms with Crippen molar-refractivity contribution in [3.63, 3.8) is 0 Å². The van der Waals surface area contributed by atoms with Crippen molar-refractivity contribution in [2.75, 3.05) is 21.3 Å². The lowest BCUT2D eigenvalue weighted by atomic mass is 9.79. The van der Waals surface area contributed by atoms with Gasteiger partial charge in [-0.25, -0.2) is 0 Å². The zero-order valence-electron chi connectivity index (χ0n) is 10.4. The van der Waals surface area contributed by atoms with Crippen LogP contribution in [0.1, 0.15) is 39.0 Å². The fraction of sp³-hybridized carbons (Fsp3) is 1.00. The van der Waals surface area contributed by atoms with Crippen molar-refractivity contribution in [2.24, 2.45) is 11.8 Å². The van der Waals surface area contributed by atoms with Crippen LogP contribution < -0.4 is 0 Å². The van der Waals surface area contributed by atoms with Gasteiger partial charge in [0.25, 0.3) is 5.97 Å². The maximum absolute atomic E-state index is 5.41. The van der Waals surface area contributed by atoms with Crippen LogP contribution in [-0.2, 0) is 14.2 Å². The molecule has 1 saturated carbocycles. The van der Waals surface area contributed by atoms with Crippen LogP contribution in [0.2, 0.25) is 0 Å². The van der Waals surface area contributed by atoms with Crippen molar-refractivity contribution in [3.05, 3.63) is 0 Å². The van der Waals surface area contributed by atoms with E-state index >= 15 is 0 Å². The third-order valence-corrected chi connectivity index (χ3v) is 3.77. The molecule has 0 radical (unpaired) electrons. The molecule has 1 fully saturated rings. The fourth-order valence-electron chi connectivity index (χ4n) is 2.73. The monoisotopic (exact) mass is 216 g/mol. The van der Waals surface area contributed by atoms with Gasteiger partial charge in [-0.15, -0.1) is 0 Å². The molecule has 0 amide bonds. The standard InChI is InChI=1S/C12H24O3/c1-10(11-8-6-5-7-9-11)12(13-2,14-3)15-4/h10-11H,5-9H2,1-4H3. The summed E-state index contributed by atoms with van der Waals surface area (Å²) in [6.07, 6.45) is 6.53. The topological polar surface area (TPSA) is 27.7 Å². The van der Waals surface area contributed by atoms with Crippen molar-refractivity contribution in [1.82, 2.24) is 0 Å². The predicted molar refractivity (Wildman–Crippen MR) is 59.5 cm³/mol. The first-order valence-corrected chi connectivity index (χ1v) is 5.85. The third-order valence-electron chi connectivity index (χ3n) is 3.77. The molecule has 15 heavy (non-hydrogen) atoms. The summed E-state index contributed by atoms with van der Waals surface area (Å²) in [6, 6.07) is 0. The average molecular weight is 216 g/mol. The van der Waals surface area contributed by atoms with E-state index in [2.05, 4.69) is 6.92 Å². The Morgan fingerprint density at radius 1 is 0.933 bits per heavy atom. The SMILES string of the molecule is COC(OC)(OC)C(C)C1CCCCC1. The van der Waals surface area contributed by atoms with Crippen molar-refractivity contribution in [3.8, 4) is 0 Å². The van der Waals surface area contributed by atoms with Gasteiger partial charge >= 0.3 is 0 Å². The Morgan fingerprint density at radius 2 is 1.40 bits per heavy atom. The molecule has 0 bridgehead atoms. The molecule has 0 saturated heterocycles. The van der Waals surface area contributed by atoms with Crippen molar-refractivity contribution < 1.29 is 14.2 Å². The molecule has 1 aliphatic carbocycles. The normalized spacial score (nSPS) is 21.6. The highest BCUT2D eigenvalue weighted by molar-refractivity contribution is 4.77. The molecule has 0 heterocycles. The molecule has 1 aliphatic rings. The van der Waals surface area contributed by atoms with Crippen LogP contribution >= 0.6 is 0 Å². The van der Waals surface area contributed by atoms with E-state index < -0.39 is 5.97 Å². The Morgan fingerprint density at radius 3 is 1.80 bits per heavy atom. The highest BCUT2D eigenvalue weighted by Crippen LogP contribution is 2.37. The minimum absolute atomic E-state index is 0.276. The Labute approximate surface area is 93.1 Å². The molecule has 0 aromatic carbocycles. The highest BCUT2D eigenvalue weighted by atomic mass is 16.9. The maximum atomic E-state index is 5.41. The van der Waals surface area contributed by atoms with Gasteiger partial charge in [0, 0.05) is 27.2 Å². The van der Waals surface area contributed by atoms with Crippen LogP contribution in [0.4, 0.5) is 0 Å². The van der Waals surface area contributed by atoms with Gasteiger partial charge in [0.1, 0.15) is 0 Å². The van der Waals surface area contributed by atoms with Gasteiger partial charge < -0.3 is 14.2 Å². The molecule has 0 aromatic heterocycles. The molecule has 90 valence electrons. The second-order valence-electron chi connectivity index (χ2n) is 4.40. The summed E-state index contributed by atoms with van der Waals surface area (Å²) in [7, 11) is 4.94. The van der Waals surface area contributed by atoms with Crippen molar-refractivity contribution >= 4 is 0 Å². The van der Waals surface area contributed by atoms with E-state index in [1.807, 2.05) is 0 Å².